The van der Waals surface area contributed by atoms with Crippen LogP contribution in [-0.2, 0) is 10.4 Å². The van der Waals surface area contributed by atoms with Crippen LogP contribution in [0, 0.1) is 0 Å². The van der Waals surface area contributed by atoms with E-state index in [1.807, 2.05) is 5.32 Å². The first-order chi connectivity index (χ1) is 8.34. The number of anilines is 1. The Morgan fingerprint density at radius 3 is 2.50 bits per heavy atom. The van der Waals surface area contributed by atoms with Crippen LogP contribution in [0.1, 0.15) is 5.56 Å². The summed E-state index contributed by atoms with van der Waals surface area (Å²) in [7, 11) is 0. The lowest BCUT2D eigenvalue weighted by atomic mass is 9.94. The number of hydrogen-bond donors (Lipinski definition) is 2. The molecule has 18 heavy (non-hydrogen) atoms. The molecule has 96 valence electrons. The number of carbonyl (C=O) groups is 1. The van der Waals surface area contributed by atoms with Gasteiger partial charge in [0.25, 0.3) is 11.5 Å². The van der Waals surface area contributed by atoms with E-state index in [9.17, 15) is 23.1 Å². The second-order valence-electron chi connectivity index (χ2n) is 3.91. The molecule has 1 amide bonds. The third-order valence-corrected chi connectivity index (χ3v) is 2.89. The maximum absolute atomic E-state index is 12.8. The molecular weight excluding hydrogens is 255 g/mol. The number of benzene rings is 1. The Kier molecular flexibility index (Phi) is 1.91. The number of ether oxygens (including phenoxy) is 2. The van der Waals surface area contributed by atoms with E-state index in [-0.39, 0.29) is 24.0 Å². The summed E-state index contributed by atoms with van der Waals surface area (Å²) in [5.41, 5.74) is -4.27. The Balaban J connectivity index is 2.21. The van der Waals surface area contributed by atoms with Crippen molar-refractivity contribution in [1.29, 1.82) is 0 Å². The minimum Gasteiger partial charge on any atom is -0.454 e. The molecule has 5 nitrogen and oxygen atoms in total. The van der Waals surface area contributed by atoms with Crippen LogP contribution in [0.3, 0.4) is 0 Å². The molecule has 1 atom stereocenters. The highest BCUT2D eigenvalue weighted by atomic mass is 19.4. The van der Waals surface area contributed by atoms with Crippen molar-refractivity contribution in [3.8, 4) is 11.5 Å². The molecule has 3 rings (SSSR count). The smallest absolute Gasteiger partial charge is 0.430 e. The molecule has 0 aliphatic carbocycles. The Morgan fingerprint density at radius 1 is 1.28 bits per heavy atom. The van der Waals surface area contributed by atoms with Crippen molar-refractivity contribution in [2.24, 2.45) is 0 Å². The number of fused-ring (bicyclic) bond motifs is 2. The van der Waals surface area contributed by atoms with E-state index in [2.05, 4.69) is 0 Å². The maximum atomic E-state index is 12.8. The van der Waals surface area contributed by atoms with Crippen molar-refractivity contribution in [3.05, 3.63) is 17.7 Å². The second-order valence-corrected chi connectivity index (χ2v) is 3.91. The van der Waals surface area contributed by atoms with Crippen LogP contribution in [0.2, 0.25) is 0 Å². The largest absolute Gasteiger partial charge is 0.454 e. The van der Waals surface area contributed by atoms with Gasteiger partial charge in [-0.1, -0.05) is 0 Å². The zero-order valence-corrected chi connectivity index (χ0v) is 8.67. The summed E-state index contributed by atoms with van der Waals surface area (Å²) in [4.78, 5) is 11.4. The molecule has 2 aliphatic heterocycles. The number of amides is 1. The van der Waals surface area contributed by atoms with E-state index >= 15 is 0 Å². The molecular formula is C10H6F3NO4. The number of halogens is 3. The van der Waals surface area contributed by atoms with Gasteiger partial charge in [-0.15, -0.1) is 0 Å². The van der Waals surface area contributed by atoms with Gasteiger partial charge in [0, 0.05) is 11.6 Å². The van der Waals surface area contributed by atoms with Crippen molar-refractivity contribution in [2.75, 3.05) is 12.1 Å². The molecule has 2 heterocycles. The van der Waals surface area contributed by atoms with Crippen molar-refractivity contribution in [1.82, 2.24) is 0 Å². The van der Waals surface area contributed by atoms with Crippen LogP contribution >= 0.6 is 0 Å². The highest BCUT2D eigenvalue weighted by molar-refractivity contribution is 6.06. The quantitative estimate of drug-likeness (QED) is 0.734. The van der Waals surface area contributed by atoms with Crippen molar-refractivity contribution < 1.29 is 32.5 Å². The summed E-state index contributed by atoms with van der Waals surface area (Å²) in [6, 6.07) is 2.16. The molecule has 0 bridgehead atoms. The topological polar surface area (TPSA) is 67.8 Å². The van der Waals surface area contributed by atoms with Gasteiger partial charge >= 0.3 is 6.18 Å². The normalized spacial score (nSPS) is 25.0. The highest BCUT2D eigenvalue weighted by Gasteiger charge is 2.64. The number of hydrogen-bond acceptors (Lipinski definition) is 4. The number of rotatable bonds is 0. The van der Waals surface area contributed by atoms with Crippen LogP contribution < -0.4 is 14.8 Å². The van der Waals surface area contributed by atoms with Gasteiger partial charge in [-0.05, 0) is 6.07 Å². The Morgan fingerprint density at radius 2 is 1.89 bits per heavy atom. The number of nitrogens with one attached hydrogen (secondary N) is 1. The van der Waals surface area contributed by atoms with Crippen LogP contribution in [0.25, 0.3) is 0 Å². The van der Waals surface area contributed by atoms with Crippen molar-refractivity contribution >= 4 is 11.6 Å². The van der Waals surface area contributed by atoms with Crippen molar-refractivity contribution in [3.63, 3.8) is 0 Å². The fourth-order valence-electron chi connectivity index (χ4n) is 1.96. The molecule has 0 spiro atoms. The summed E-state index contributed by atoms with van der Waals surface area (Å²) in [6.45, 7) is -0.114. The van der Waals surface area contributed by atoms with Crippen LogP contribution in [0.4, 0.5) is 18.9 Å². The predicted molar refractivity (Wildman–Crippen MR) is 51.1 cm³/mol. The van der Waals surface area contributed by atoms with E-state index in [4.69, 9.17) is 9.47 Å². The monoisotopic (exact) mass is 261 g/mol. The minimum absolute atomic E-state index is 0.0629. The average Bonchev–Trinajstić information content (AvgIpc) is 2.80. The average molecular weight is 261 g/mol. The molecule has 0 fully saturated rings. The first kappa shape index (κ1) is 11.1. The van der Waals surface area contributed by atoms with Gasteiger partial charge in [-0.25, -0.2) is 0 Å². The molecule has 1 aromatic rings. The third kappa shape index (κ3) is 1.18. The summed E-state index contributed by atoms with van der Waals surface area (Å²) in [5.74, 6) is -1.25. The van der Waals surface area contributed by atoms with Gasteiger partial charge in [-0.2, -0.15) is 13.2 Å². The second kappa shape index (κ2) is 3.08. The Hall–Kier alpha value is -1.96. The number of carbonyl (C=O) groups excluding carboxylic acids is 1. The van der Waals surface area contributed by atoms with Gasteiger partial charge in [0.1, 0.15) is 0 Å². The lowest BCUT2D eigenvalue weighted by Gasteiger charge is -2.23. The van der Waals surface area contributed by atoms with E-state index in [0.717, 1.165) is 6.07 Å². The molecule has 8 heteroatoms. The summed E-state index contributed by atoms with van der Waals surface area (Å²) >= 11 is 0. The van der Waals surface area contributed by atoms with Gasteiger partial charge in [0.15, 0.2) is 11.5 Å². The van der Waals surface area contributed by atoms with Gasteiger partial charge < -0.3 is 19.9 Å². The zero-order chi connectivity index (χ0) is 13.1. The van der Waals surface area contributed by atoms with Crippen LogP contribution in [-0.4, -0.2) is 24.0 Å². The molecule has 0 saturated heterocycles. The molecule has 0 aromatic heterocycles. The predicted octanol–water partition coefficient (Wildman–Crippen LogP) is 1.12. The summed E-state index contributed by atoms with van der Waals surface area (Å²) < 4.78 is 48.4. The first-order valence-corrected chi connectivity index (χ1v) is 4.88. The van der Waals surface area contributed by atoms with E-state index in [0.29, 0.717) is 0 Å². The lowest BCUT2D eigenvalue weighted by molar-refractivity contribution is -0.252. The SMILES string of the molecule is O=C1Nc2cc3c(cc2[C@]1(O)C(F)(F)F)OCO3. The molecule has 2 N–H and O–H groups in total. The van der Waals surface area contributed by atoms with E-state index < -0.39 is 23.2 Å². The molecule has 2 aliphatic rings. The van der Waals surface area contributed by atoms with Gasteiger partial charge in [-0.3, -0.25) is 4.79 Å². The lowest BCUT2D eigenvalue weighted by Crippen LogP contribution is -2.47. The van der Waals surface area contributed by atoms with E-state index in [1.54, 1.807) is 0 Å². The van der Waals surface area contributed by atoms with Crippen molar-refractivity contribution in [2.45, 2.75) is 11.8 Å². The number of aliphatic hydroxyl groups is 1. The third-order valence-electron chi connectivity index (χ3n) is 2.89. The molecule has 0 radical (unpaired) electrons. The molecule has 1 aromatic carbocycles. The highest BCUT2D eigenvalue weighted by Crippen LogP contribution is 2.50. The minimum atomic E-state index is -5.12. The standard InChI is InChI=1S/C10H6F3NO4/c11-10(12,13)9(16)4-1-6-7(18-3-17-6)2-5(4)14-8(9)15/h1-2,16H,3H2,(H,14,15)/t9-/m1/s1. The Bertz CT molecular complexity index is 557. The first-order valence-electron chi connectivity index (χ1n) is 4.88. The Labute approximate surface area is 98.1 Å². The van der Waals surface area contributed by atoms with Gasteiger partial charge in [0.2, 0.25) is 6.79 Å². The van der Waals surface area contributed by atoms with Gasteiger partial charge in [0.05, 0.1) is 5.69 Å². The summed E-state index contributed by atoms with van der Waals surface area (Å²) in [5, 5.41) is 11.6. The summed E-state index contributed by atoms with van der Waals surface area (Å²) in [6.07, 6.45) is -5.12. The zero-order valence-electron chi connectivity index (χ0n) is 8.67. The molecule has 0 unspecified atom stereocenters. The maximum Gasteiger partial charge on any atom is 0.430 e. The van der Waals surface area contributed by atoms with E-state index in [1.165, 1.54) is 6.07 Å². The molecule has 0 saturated carbocycles. The number of alkyl halides is 3. The fraction of sp³-hybridized carbons (Fsp3) is 0.300. The van der Waals surface area contributed by atoms with Crippen LogP contribution in [0.15, 0.2) is 12.1 Å². The van der Waals surface area contributed by atoms with Crippen LogP contribution in [0.5, 0.6) is 11.5 Å². The fourth-order valence-corrected chi connectivity index (χ4v) is 1.96.